The summed E-state index contributed by atoms with van der Waals surface area (Å²) in [6, 6.07) is 16.8. The Morgan fingerprint density at radius 1 is 1.05 bits per heavy atom. The third-order valence-electron chi connectivity index (χ3n) is 3.45. The van der Waals surface area contributed by atoms with Crippen molar-refractivity contribution in [3.8, 4) is 0 Å². The third-order valence-corrected chi connectivity index (χ3v) is 3.72. The molecule has 0 saturated carbocycles. The highest BCUT2D eigenvalue weighted by Gasteiger charge is 2.12. The molecule has 2 heterocycles. The Bertz CT molecular complexity index is 1090. The summed E-state index contributed by atoms with van der Waals surface area (Å²) in [5.41, 5.74) is 4.41. The van der Waals surface area contributed by atoms with Crippen LogP contribution < -0.4 is 11.0 Å². The molecule has 0 unspecified atom stereocenters. The molecule has 2 N–H and O–H groups in total. The molecular formula is C15H11N5OS. The first kappa shape index (κ1) is 12.8. The lowest BCUT2D eigenvalue weighted by Gasteiger charge is -2.12. The average Bonchev–Trinajstić information content (AvgIpc) is 2.94. The van der Waals surface area contributed by atoms with Crippen LogP contribution in [0.25, 0.3) is 16.7 Å². The summed E-state index contributed by atoms with van der Waals surface area (Å²) in [5, 5.41) is 7.48. The van der Waals surface area contributed by atoms with Crippen molar-refractivity contribution >= 4 is 34.6 Å². The van der Waals surface area contributed by atoms with Gasteiger partial charge in [0.25, 0.3) is 11.3 Å². The van der Waals surface area contributed by atoms with Gasteiger partial charge in [0.2, 0.25) is 4.77 Å². The summed E-state index contributed by atoms with van der Waals surface area (Å²) < 4.78 is 3.57. The second-order valence-corrected chi connectivity index (χ2v) is 5.19. The maximum atomic E-state index is 12.8. The minimum absolute atomic E-state index is 0.180. The fourth-order valence-electron chi connectivity index (χ4n) is 2.46. The molecule has 22 heavy (non-hydrogen) atoms. The van der Waals surface area contributed by atoms with Crippen LogP contribution in [-0.4, -0.2) is 19.3 Å². The quantitative estimate of drug-likeness (QED) is 0.559. The summed E-state index contributed by atoms with van der Waals surface area (Å²) in [7, 11) is 0. The molecule has 0 aliphatic carbocycles. The van der Waals surface area contributed by atoms with Crippen LogP contribution in [0.3, 0.4) is 0 Å². The average molecular weight is 309 g/mol. The molecule has 0 spiro atoms. The standard InChI is InChI=1S/C15H11N5OS/c21-13-11-8-4-5-9-12(11)19-14(16-17-15(19)22)20(13)18-10-6-2-1-3-7-10/h1-9,18H,(H,17,22). The topological polar surface area (TPSA) is 67.1 Å². The largest absolute Gasteiger partial charge is 0.288 e. The second kappa shape index (κ2) is 4.81. The Kier molecular flexibility index (Phi) is 2.80. The number of benzene rings is 2. The zero-order valence-corrected chi connectivity index (χ0v) is 12.2. The smallest absolute Gasteiger partial charge is 0.281 e. The lowest BCUT2D eigenvalue weighted by Crippen LogP contribution is -2.28. The van der Waals surface area contributed by atoms with Crippen LogP contribution >= 0.6 is 12.2 Å². The number of nitrogens with one attached hydrogen (secondary N) is 2. The van der Waals surface area contributed by atoms with Crippen molar-refractivity contribution in [3.63, 3.8) is 0 Å². The zero-order chi connectivity index (χ0) is 15.1. The molecule has 2 aromatic heterocycles. The van der Waals surface area contributed by atoms with E-state index in [1.165, 1.54) is 4.68 Å². The van der Waals surface area contributed by atoms with E-state index in [4.69, 9.17) is 12.2 Å². The molecule has 0 bridgehead atoms. The summed E-state index contributed by atoms with van der Waals surface area (Å²) in [5.74, 6) is 0.414. The van der Waals surface area contributed by atoms with Gasteiger partial charge in [-0.25, -0.2) is 5.10 Å². The first-order valence-corrected chi connectivity index (χ1v) is 7.09. The van der Waals surface area contributed by atoms with Crippen molar-refractivity contribution in [2.75, 3.05) is 5.43 Å². The Balaban J connectivity index is 2.10. The fraction of sp³-hybridized carbons (Fsp3) is 0. The van der Waals surface area contributed by atoms with Crippen molar-refractivity contribution in [3.05, 3.63) is 69.7 Å². The van der Waals surface area contributed by atoms with Crippen molar-refractivity contribution in [1.29, 1.82) is 0 Å². The maximum absolute atomic E-state index is 12.8. The van der Waals surface area contributed by atoms with E-state index in [0.717, 1.165) is 11.2 Å². The summed E-state index contributed by atoms with van der Waals surface area (Å²) in [6.07, 6.45) is 0. The van der Waals surface area contributed by atoms with Gasteiger partial charge in [-0.1, -0.05) is 30.3 Å². The molecule has 0 aliphatic heterocycles. The van der Waals surface area contributed by atoms with E-state index in [9.17, 15) is 4.79 Å². The number of H-pyrrole nitrogens is 1. The lowest BCUT2D eigenvalue weighted by molar-refractivity contribution is 0.893. The van der Waals surface area contributed by atoms with E-state index >= 15 is 0 Å². The number of fused-ring (bicyclic) bond motifs is 3. The molecular weight excluding hydrogens is 298 g/mol. The zero-order valence-electron chi connectivity index (χ0n) is 11.4. The van der Waals surface area contributed by atoms with Crippen LogP contribution in [0.15, 0.2) is 59.4 Å². The van der Waals surface area contributed by atoms with Gasteiger partial charge < -0.3 is 0 Å². The van der Waals surface area contributed by atoms with Gasteiger partial charge in [-0.05, 0) is 36.5 Å². The van der Waals surface area contributed by atoms with Crippen molar-refractivity contribution in [2.24, 2.45) is 0 Å². The first-order chi connectivity index (χ1) is 10.8. The summed E-state index contributed by atoms with van der Waals surface area (Å²) in [4.78, 5) is 12.8. The molecule has 4 aromatic rings. The number of aromatic amines is 1. The van der Waals surface area contributed by atoms with Crippen LogP contribution in [-0.2, 0) is 0 Å². The highest BCUT2D eigenvalue weighted by Crippen LogP contribution is 2.13. The summed E-state index contributed by atoms with van der Waals surface area (Å²) in [6.45, 7) is 0. The van der Waals surface area contributed by atoms with E-state index in [1.807, 2.05) is 48.5 Å². The molecule has 0 saturated heterocycles. The Morgan fingerprint density at radius 2 is 1.77 bits per heavy atom. The van der Waals surface area contributed by atoms with Gasteiger partial charge in [-0.3, -0.25) is 14.6 Å². The van der Waals surface area contributed by atoms with Gasteiger partial charge in [0, 0.05) is 0 Å². The number of hydrogen-bond acceptors (Lipinski definition) is 4. The molecule has 2 aromatic carbocycles. The second-order valence-electron chi connectivity index (χ2n) is 4.80. The first-order valence-electron chi connectivity index (χ1n) is 6.69. The molecule has 0 aliphatic rings. The van der Waals surface area contributed by atoms with Crippen LogP contribution in [0.1, 0.15) is 0 Å². The molecule has 4 rings (SSSR count). The number of para-hydroxylation sites is 2. The van der Waals surface area contributed by atoms with Crippen LogP contribution in [0, 0.1) is 4.77 Å². The lowest BCUT2D eigenvalue weighted by atomic mass is 10.2. The van der Waals surface area contributed by atoms with E-state index in [1.54, 1.807) is 10.5 Å². The van der Waals surface area contributed by atoms with Gasteiger partial charge in [0.05, 0.1) is 16.6 Å². The van der Waals surface area contributed by atoms with Gasteiger partial charge in [0.1, 0.15) is 0 Å². The highest BCUT2D eigenvalue weighted by molar-refractivity contribution is 7.71. The van der Waals surface area contributed by atoms with Gasteiger partial charge >= 0.3 is 0 Å². The van der Waals surface area contributed by atoms with E-state index in [0.29, 0.717) is 15.9 Å². The molecule has 0 radical (unpaired) electrons. The van der Waals surface area contributed by atoms with Crippen LogP contribution in [0.5, 0.6) is 0 Å². The van der Waals surface area contributed by atoms with Gasteiger partial charge in [-0.2, -0.15) is 4.68 Å². The highest BCUT2D eigenvalue weighted by atomic mass is 32.1. The molecule has 0 atom stereocenters. The van der Waals surface area contributed by atoms with Crippen molar-refractivity contribution in [2.45, 2.75) is 0 Å². The monoisotopic (exact) mass is 309 g/mol. The predicted octanol–water partition coefficient (Wildman–Crippen LogP) is 2.58. The van der Waals surface area contributed by atoms with E-state index in [2.05, 4.69) is 15.6 Å². The maximum Gasteiger partial charge on any atom is 0.281 e. The predicted molar refractivity (Wildman–Crippen MR) is 87.6 cm³/mol. The Hall–Kier alpha value is -2.93. The fourth-order valence-corrected chi connectivity index (χ4v) is 2.68. The SMILES string of the molecule is O=c1c2ccccc2n2c(=S)[nH]nc2n1Nc1ccccc1. The minimum atomic E-state index is -0.180. The van der Waals surface area contributed by atoms with E-state index < -0.39 is 0 Å². The Labute approximate surface area is 129 Å². The Morgan fingerprint density at radius 3 is 2.59 bits per heavy atom. The third kappa shape index (κ3) is 1.83. The molecule has 108 valence electrons. The molecule has 6 nitrogen and oxygen atoms in total. The number of rotatable bonds is 2. The summed E-state index contributed by atoms with van der Waals surface area (Å²) >= 11 is 5.28. The van der Waals surface area contributed by atoms with Crippen molar-refractivity contribution < 1.29 is 0 Å². The van der Waals surface area contributed by atoms with Crippen LogP contribution in [0.2, 0.25) is 0 Å². The number of hydrogen-bond donors (Lipinski definition) is 2. The molecule has 0 fully saturated rings. The normalized spacial score (nSPS) is 11.1. The number of nitrogens with zero attached hydrogens (tertiary/aromatic N) is 3. The molecule has 0 amide bonds. The van der Waals surface area contributed by atoms with Gasteiger partial charge in [-0.15, -0.1) is 5.10 Å². The van der Waals surface area contributed by atoms with Crippen molar-refractivity contribution in [1.82, 2.24) is 19.3 Å². The van der Waals surface area contributed by atoms with Crippen LogP contribution in [0.4, 0.5) is 5.69 Å². The number of aromatic nitrogens is 4. The van der Waals surface area contributed by atoms with Gasteiger partial charge in [0.15, 0.2) is 0 Å². The minimum Gasteiger partial charge on any atom is -0.288 e. The number of anilines is 1. The molecule has 7 heteroatoms. The van der Waals surface area contributed by atoms with E-state index in [-0.39, 0.29) is 5.56 Å².